The van der Waals surface area contributed by atoms with Crippen LogP contribution in [0.25, 0.3) is 0 Å². The number of alkyl halides is 3. The Morgan fingerprint density at radius 1 is 1.00 bits per heavy atom. The second kappa shape index (κ2) is 6.31. The molecule has 1 saturated heterocycles. The lowest BCUT2D eigenvalue weighted by molar-refractivity contribution is -0.137. The second-order valence-electron chi connectivity index (χ2n) is 5.28. The highest BCUT2D eigenvalue weighted by molar-refractivity contribution is 6.29. The van der Waals surface area contributed by atoms with Crippen molar-refractivity contribution < 1.29 is 13.2 Å². The van der Waals surface area contributed by atoms with E-state index >= 15 is 0 Å². The normalized spacial score (nSPS) is 15.7. The summed E-state index contributed by atoms with van der Waals surface area (Å²) >= 11 is 5.88. The first-order valence-corrected chi connectivity index (χ1v) is 7.54. The predicted octanol–water partition coefficient (Wildman–Crippen LogP) is 2.45. The number of piperazine rings is 1. The summed E-state index contributed by atoms with van der Waals surface area (Å²) in [5.74, 6) is 1.25. The monoisotopic (exact) mass is 358 g/mol. The largest absolute Gasteiger partial charge is 0.417 e. The van der Waals surface area contributed by atoms with Gasteiger partial charge in [-0.05, 0) is 12.1 Å². The van der Waals surface area contributed by atoms with Gasteiger partial charge in [-0.15, -0.1) is 0 Å². The third kappa shape index (κ3) is 3.61. The Morgan fingerprint density at radius 2 is 1.62 bits per heavy atom. The van der Waals surface area contributed by atoms with Crippen LogP contribution in [0.15, 0.2) is 24.4 Å². The minimum Gasteiger partial charge on any atom is -0.368 e. The molecule has 2 aromatic rings. The first kappa shape index (κ1) is 16.6. The van der Waals surface area contributed by atoms with Crippen LogP contribution in [0, 0.1) is 0 Å². The van der Waals surface area contributed by atoms with Gasteiger partial charge in [-0.3, -0.25) is 0 Å². The van der Waals surface area contributed by atoms with Crippen molar-refractivity contribution in [3.8, 4) is 0 Å². The summed E-state index contributed by atoms with van der Waals surface area (Å²) in [6.07, 6.45) is -3.52. The van der Waals surface area contributed by atoms with Gasteiger partial charge in [0.15, 0.2) is 0 Å². The highest BCUT2D eigenvalue weighted by Crippen LogP contribution is 2.29. The molecule has 1 aliphatic rings. The summed E-state index contributed by atoms with van der Waals surface area (Å²) in [6, 6.07) is 4.06. The molecule has 6 nitrogen and oxygen atoms in total. The summed E-state index contributed by atoms with van der Waals surface area (Å²) < 4.78 is 37.7. The second-order valence-corrected chi connectivity index (χ2v) is 5.67. The van der Waals surface area contributed by atoms with Crippen LogP contribution in [-0.4, -0.2) is 41.1 Å². The maximum atomic E-state index is 12.6. The van der Waals surface area contributed by atoms with Gasteiger partial charge in [-0.1, -0.05) is 11.6 Å². The zero-order valence-electron chi connectivity index (χ0n) is 12.5. The molecule has 0 radical (unpaired) electrons. The van der Waals surface area contributed by atoms with Gasteiger partial charge >= 0.3 is 6.18 Å². The molecule has 0 aliphatic carbocycles. The Morgan fingerprint density at radius 3 is 2.12 bits per heavy atom. The average Bonchev–Trinajstić information content (AvgIpc) is 2.53. The van der Waals surface area contributed by atoms with Gasteiger partial charge < -0.3 is 15.5 Å². The predicted molar refractivity (Wildman–Crippen MR) is 85.1 cm³/mol. The lowest BCUT2D eigenvalue weighted by Crippen LogP contribution is -2.47. The molecule has 0 aromatic carbocycles. The lowest BCUT2D eigenvalue weighted by Gasteiger charge is -2.36. The Balaban J connectivity index is 1.66. The van der Waals surface area contributed by atoms with Gasteiger partial charge in [-0.2, -0.15) is 18.2 Å². The number of anilines is 3. The van der Waals surface area contributed by atoms with E-state index in [1.807, 2.05) is 9.80 Å². The molecule has 2 aromatic heterocycles. The van der Waals surface area contributed by atoms with E-state index in [2.05, 4.69) is 15.0 Å². The van der Waals surface area contributed by atoms with Crippen molar-refractivity contribution in [2.45, 2.75) is 6.18 Å². The smallest absolute Gasteiger partial charge is 0.368 e. The van der Waals surface area contributed by atoms with Crippen LogP contribution in [0.4, 0.5) is 30.8 Å². The minimum absolute atomic E-state index is 0.101. The number of aromatic nitrogens is 3. The molecule has 1 fully saturated rings. The first-order valence-electron chi connectivity index (χ1n) is 7.16. The van der Waals surface area contributed by atoms with Gasteiger partial charge in [-0.25, -0.2) is 9.97 Å². The summed E-state index contributed by atoms with van der Waals surface area (Å²) in [5, 5.41) is 0.268. The molecule has 128 valence electrons. The van der Waals surface area contributed by atoms with Gasteiger partial charge in [0.25, 0.3) is 0 Å². The van der Waals surface area contributed by atoms with E-state index in [0.717, 1.165) is 12.3 Å². The molecule has 1 aliphatic heterocycles. The van der Waals surface area contributed by atoms with Crippen molar-refractivity contribution in [2.75, 3.05) is 41.7 Å². The van der Waals surface area contributed by atoms with Crippen LogP contribution in [0.2, 0.25) is 5.15 Å². The standard InChI is InChI=1S/C14H14ClF3N6/c15-10-7-12(22-13(19)21-10)24-5-3-23(4-6-24)11-2-1-9(8-20-11)14(16,17)18/h1-2,7-8H,3-6H2,(H2,19,21,22). The third-order valence-corrected chi connectivity index (χ3v) is 3.90. The van der Waals surface area contributed by atoms with Crippen LogP contribution >= 0.6 is 11.6 Å². The van der Waals surface area contributed by atoms with Gasteiger partial charge in [0, 0.05) is 38.4 Å². The fraction of sp³-hybridized carbons (Fsp3) is 0.357. The summed E-state index contributed by atoms with van der Waals surface area (Å²) in [4.78, 5) is 15.8. The number of hydrogen-bond acceptors (Lipinski definition) is 6. The maximum Gasteiger partial charge on any atom is 0.417 e. The highest BCUT2D eigenvalue weighted by Gasteiger charge is 2.31. The third-order valence-electron chi connectivity index (χ3n) is 3.70. The molecule has 0 spiro atoms. The summed E-state index contributed by atoms with van der Waals surface area (Å²) in [5.41, 5.74) is 4.83. The Bertz CT molecular complexity index is 693. The summed E-state index contributed by atoms with van der Waals surface area (Å²) in [7, 11) is 0. The number of pyridine rings is 1. The van der Waals surface area contributed by atoms with E-state index in [1.54, 1.807) is 6.07 Å². The fourth-order valence-electron chi connectivity index (χ4n) is 2.49. The average molecular weight is 359 g/mol. The van der Waals surface area contributed by atoms with Gasteiger partial charge in [0.1, 0.15) is 16.8 Å². The van der Waals surface area contributed by atoms with E-state index in [0.29, 0.717) is 37.8 Å². The quantitative estimate of drug-likeness (QED) is 0.831. The molecular weight excluding hydrogens is 345 g/mol. The topological polar surface area (TPSA) is 71.2 Å². The molecular formula is C14H14ClF3N6. The molecule has 0 bridgehead atoms. The van der Waals surface area contributed by atoms with E-state index < -0.39 is 11.7 Å². The number of nitrogens with zero attached hydrogens (tertiary/aromatic N) is 5. The van der Waals surface area contributed by atoms with Gasteiger partial charge in [0.2, 0.25) is 5.95 Å². The van der Waals surface area contributed by atoms with Crippen molar-refractivity contribution in [1.29, 1.82) is 0 Å². The SMILES string of the molecule is Nc1nc(Cl)cc(N2CCN(c3ccc(C(F)(F)F)cn3)CC2)n1. The Labute approximate surface area is 141 Å². The van der Waals surface area contributed by atoms with Crippen LogP contribution < -0.4 is 15.5 Å². The number of halogens is 4. The summed E-state index contributed by atoms with van der Waals surface area (Å²) in [6.45, 7) is 2.44. The van der Waals surface area contributed by atoms with Crippen molar-refractivity contribution in [3.05, 3.63) is 35.1 Å². The van der Waals surface area contributed by atoms with Crippen molar-refractivity contribution in [3.63, 3.8) is 0 Å². The lowest BCUT2D eigenvalue weighted by atomic mass is 10.2. The molecule has 3 rings (SSSR count). The van der Waals surface area contributed by atoms with E-state index in [9.17, 15) is 13.2 Å². The van der Waals surface area contributed by atoms with Gasteiger partial charge in [0.05, 0.1) is 5.56 Å². The zero-order chi connectivity index (χ0) is 17.3. The minimum atomic E-state index is -4.38. The molecule has 0 atom stereocenters. The number of nitrogen functional groups attached to an aromatic ring is 1. The van der Waals surface area contributed by atoms with Crippen molar-refractivity contribution >= 4 is 29.2 Å². The Hall–Kier alpha value is -2.29. The van der Waals surface area contributed by atoms with E-state index in [1.165, 1.54) is 6.07 Å². The van der Waals surface area contributed by atoms with Crippen LogP contribution in [0.1, 0.15) is 5.56 Å². The maximum absolute atomic E-state index is 12.6. The molecule has 0 saturated carbocycles. The number of rotatable bonds is 2. The van der Waals surface area contributed by atoms with Crippen LogP contribution in [0.3, 0.4) is 0 Å². The first-order chi connectivity index (χ1) is 11.3. The van der Waals surface area contributed by atoms with Crippen LogP contribution in [-0.2, 0) is 6.18 Å². The van der Waals surface area contributed by atoms with E-state index in [4.69, 9.17) is 17.3 Å². The highest BCUT2D eigenvalue weighted by atomic mass is 35.5. The molecule has 3 heterocycles. The molecule has 10 heteroatoms. The fourth-order valence-corrected chi connectivity index (χ4v) is 2.67. The zero-order valence-corrected chi connectivity index (χ0v) is 13.2. The van der Waals surface area contributed by atoms with Crippen molar-refractivity contribution in [1.82, 2.24) is 15.0 Å². The number of nitrogens with two attached hydrogens (primary N) is 1. The molecule has 24 heavy (non-hydrogen) atoms. The number of hydrogen-bond donors (Lipinski definition) is 1. The van der Waals surface area contributed by atoms with Crippen molar-refractivity contribution in [2.24, 2.45) is 0 Å². The Kier molecular flexibility index (Phi) is 4.35. The molecule has 2 N–H and O–H groups in total. The molecule has 0 amide bonds. The van der Waals surface area contributed by atoms with E-state index in [-0.39, 0.29) is 11.1 Å². The van der Waals surface area contributed by atoms with Crippen LogP contribution in [0.5, 0.6) is 0 Å². The molecule has 0 unspecified atom stereocenters.